The lowest BCUT2D eigenvalue weighted by atomic mass is 9.95. The molecule has 0 spiro atoms. The fourth-order valence-electron chi connectivity index (χ4n) is 4.16. The third-order valence-corrected chi connectivity index (χ3v) is 5.62. The summed E-state index contributed by atoms with van der Waals surface area (Å²) < 4.78 is 7.76. The number of amides is 1. The Morgan fingerprint density at radius 2 is 2.04 bits per heavy atom. The van der Waals surface area contributed by atoms with Crippen LogP contribution in [0.2, 0.25) is 0 Å². The molecule has 1 fully saturated rings. The Morgan fingerprint density at radius 1 is 1.22 bits per heavy atom. The van der Waals surface area contributed by atoms with Crippen LogP contribution in [0.3, 0.4) is 0 Å². The molecular formula is C20H29N5O2. The van der Waals surface area contributed by atoms with E-state index in [-0.39, 0.29) is 0 Å². The van der Waals surface area contributed by atoms with E-state index in [1.165, 1.54) is 0 Å². The van der Waals surface area contributed by atoms with Crippen LogP contribution in [-0.2, 0) is 24.4 Å². The van der Waals surface area contributed by atoms with Gasteiger partial charge in [0.1, 0.15) is 17.4 Å². The highest BCUT2D eigenvalue weighted by Gasteiger charge is 2.30. The van der Waals surface area contributed by atoms with Gasteiger partial charge in [0.25, 0.3) is 0 Å². The van der Waals surface area contributed by atoms with E-state index in [9.17, 15) is 4.79 Å². The second kappa shape index (κ2) is 7.84. The summed E-state index contributed by atoms with van der Waals surface area (Å²) in [5.41, 5.74) is 0. The Bertz CT molecular complexity index is 759. The van der Waals surface area contributed by atoms with Crippen LogP contribution >= 0.6 is 0 Å². The average molecular weight is 371 g/mol. The molecule has 0 radical (unpaired) electrons. The average Bonchev–Trinajstić information content (AvgIpc) is 3.30. The number of hydrogen-bond acceptors (Lipinski definition) is 5. The second-order valence-electron chi connectivity index (χ2n) is 8.17. The molecule has 0 bridgehead atoms. The lowest BCUT2D eigenvalue weighted by Gasteiger charge is -2.33. The van der Waals surface area contributed by atoms with E-state index < -0.39 is 0 Å². The number of aromatic nitrogens is 3. The van der Waals surface area contributed by atoms with Gasteiger partial charge in [-0.2, -0.15) is 0 Å². The molecule has 2 aromatic rings. The van der Waals surface area contributed by atoms with Crippen molar-refractivity contribution in [1.82, 2.24) is 24.6 Å². The molecule has 27 heavy (non-hydrogen) atoms. The van der Waals surface area contributed by atoms with Gasteiger partial charge in [-0.3, -0.25) is 9.69 Å². The van der Waals surface area contributed by atoms with Crippen molar-refractivity contribution in [2.75, 3.05) is 19.6 Å². The third-order valence-electron chi connectivity index (χ3n) is 5.62. The van der Waals surface area contributed by atoms with Crippen LogP contribution in [0.15, 0.2) is 22.8 Å². The van der Waals surface area contributed by atoms with Gasteiger partial charge in [-0.15, -0.1) is 10.2 Å². The Balaban J connectivity index is 1.35. The molecule has 4 heterocycles. The zero-order valence-corrected chi connectivity index (χ0v) is 16.3. The summed E-state index contributed by atoms with van der Waals surface area (Å²) in [6.45, 7) is 9.39. The molecule has 2 aliphatic rings. The Labute approximate surface area is 160 Å². The van der Waals surface area contributed by atoms with E-state index in [0.29, 0.717) is 24.2 Å². The second-order valence-corrected chi connectivity index (χ2v) is 8.17. The first kappa shape index (κ1) is 18.2. The van der Waals surface area contributed by atoms with Crippen LogP contribution in [0.4, 0.5) is 0 Å². The topological polar surface area (TPSA) is 67.4 Å². The minimum absolute atomic E-state index is 0.292. The van der Waals surface area contributed by atoms with Gasteiger partial charge in [0.05, 0.1) is 19.4 Å². The summed E-state index contributed by atoms with van der Waals surface area (Å²) in [7, 11) is 0. The quantitative estimate of drug-likeness (QED) is 0.808. The maximum absolute atomic E-state index is 12.3. The van der Waals surface area contributed by atoms with E-state index in [0.717, 1.165) is 69.5 Å². The first-order valence-corrected chi connectivity index (χ1v) is 10.0. The molecule has 0 unspecified atom stereocenters. The number of likely N-dealkylation sites (tertiary alicyclic amines) is 1. The van der Waals surface area contributed by atoms with Gasteiger partial charge < -0.3 is 13.9 Å². The van der Waals surface area contributed by atoms with Crippen molar-refractivity contribution >= 4 is 5.91 Å². The van der Waals surface area contributed by atoms with Crippen molar-refractivity contribution in [2.24, 2.45) is 5.92 Å². The third kappa shape index (κ3) is 4.08. The van der Waals surface area contributed by atoms with Gasteiger partial charge in [-0.25, -0.2) is 0 Å². The van der Waals surface area contributed by atoms with Crippen LogP contribution in [0.1, 0.15) is 56.4 Å². The summed E-state index contributed by atoms with van der Waals surface area (Å²) in [5.74, 6) is 4.26. The summed E-state index contributed by atoms with van der Waals surface area (Å²) in [5, 5.41) is 9.00. The fraction of sp³-hybridized carbons (Fsp3) is 0.650. The summed E-state index contributed by atoms with van der Waals surface area (Å²) in [4.78, 5) is 16.7. The predicted molar refractivity (Wildman–Crippen MR) is 101 cm³/mol. The summed E-state index contributed by atoms with van der Waals surface area (Å²) in [6, 6.07) is 3.94. The first-order valence-electron chi connectivity index (χ1n) is 10.0. The number of fused-ring (bicyclic) bond motifs is 1. The molecule has 0 atom stereocenters. The molecule has 4 rings (SSSR count). The van der Waals surface area contributed by atoms with E-state index in [1.54, 1.807) is 6.26 Å². The predicted octanol–water partition coefficient (Wildman–Crippen LogP) is 2.64. The van der Waals surface area contributed by atoms with Crippen LogP contribution in [0.25, 0.3) is 0 Å². The number of rotatable bonds is 5. The normalized spacial score (nSPS) is 18.9. The minimum atomic E-state index is 0.292. The number of nitrogens with zero attached hydrogens (tertiary/aromatic N) is 5. The van der Waals surface area contributed by atoms with Crippen molar-refractivity contribution in [3.05, 3.63) is 35.8 Å². The molecule has 146 valence electrons. The number of piperidine rings is 1. The Morgan fingerprint density at radius 3 is 2.74 bits per heavy atom. The summed E-state index contributed by atoms with van der Waals surface area (Å²) in [6.07, 6.45) is 4.34. The highest BCUT2D eigenvalue weighted by molar-refractivity contribution is 5.76. The Hall–Kier alpha value is -2.15. The van der Waals surface area contributed by atoms with Crippen molar-refractivity contribution in [3.8, 4) is 0 Å². The van der Waals surface area contributed by atoms with E-state index in [1.807, 2.05) is 17.0 Å². The lowest BCUT2D eigenvalue weighted by Crippen LogP contribution is -2.39. The number of hydrogen-bond donors (Lipinski definition) is 0. The van der Waals surface area contributed by atoms with Crippen molar-refractivity contribution < 1.29 is 9.21 Å². The maximum atomic E-state index is 12.3. The smallest absolute Gasteiger partial charge is 0.222 e. The number of furan rings is 1. The van der Waals surface area contributed by atoms with Gasteiger partial charge in [0.15, 0.2) is 0 Å². The molecule has 2 aromatic heterocycles. The number of carbonyl (C=O) groups excluding carboxylic acids is 1. The zero-order chi connectivity index (χ0) is 18.8. The zero-order valence-electron chi connectivity index (χ0n) is 16.3. The molecule has 2 aliphatic heterocycles. The van der Waals surface area contributed by atoms with E-state index in [4.69, 9.17) is 4.42 Å². The van der Waals surface area contributed by atoms with Gasteiger partial charge in [0.2, 0.25) is 5.91 Å². The Kier molecular flexibility index (Phi) is 5.29. The molecular weight excluding hydrogens is 342 g/mol. The lowest BCUT2D eigenvalue weighted by molar-refractivity contribution is -0.133. The number of carbonyl (C=O) groups is 1. The standard InChI is InChI=1S/C20H29N5O2/c1-15(2)12-19(26)24-7-5-16(6-8-24)20-22-21-18-14-23(9-10-25(18)20)13-17-4-3-11-27-17/h3-4,11,15-16H,5-10,12-14H2,1-2H3. The van der Waals surface area contributed by atoms with Crippen LogP contribution in [0, 0.1) is 5.92 Å². The fourth-order valence-corrected chi connectivity index (χ4v) is 4.16. The minimum Gasteiger partial charge on any atom is -0.468 e. The molecule has 0 saturated carbocycles. The van der Waals surface area contributed by atoms with Crippen molar-refractivity contribution in [2.45, 2.75) is 58.7 Å². The highest BCUT2D eigenvalue weighted by atomic mass is 16.3. The maximum Gasteiger partial charge on any atom is 0.222 e. The summed E-state index contributed by atoms with van der Waals surface area (Å²) >= 11 is 0. The molecule has 1 amide bonds. The van der Waals surface area contributed by atoms with Gasteiger partial charge in [0, 0.05) is 38.5 Å². The largest absolute Gasteiger partial charge is 0.468 e. The first-order chi connectivity index (χ1) is 13.1. The van der Waals surface area contributed by atoms with Crippen molar-refractivity contribution in [3.63, 3.8) is 0 Å². The van der Waals surface area contributed by atoms with Gasteiger partial charge in [-0.1, -0.05) is 13.8 Å². The molecule has 0 aromatic carbocycles. The molecule has 7 nitrogen and oxygen atoms in total. The van der Waals surface area contributed by atoms with Crippen LogP contribution in [0.5, 0.6) is 0 Å². The highest BCUT2D eigenvalue weighted by Crippen LogP contribution is 2.29. The monoisotopic (exact) mass is 371 g/mol. The van der Waals surface area contributed by atoms with E-state index >= 15 is 0 Å². The van der Waals surface area contributed by atoms with Gasteiger partial charge in [-0.05, 0) is 30.9 Å². The van der Waals surface area contributed by atoms with Crippen LogP contribution in [-0.4, -0.2) is 50.1 Å². The molecule has 0 aliphatic carbocycles. The van der Waals surface area contributed by atoms with Crippen molar-refractivity contribution in [1.29, 1.82) is 0 Å². The SMILES string of the molecule is CC(C)CC(=O)N1CCC(c2nnc3n2CCN(Cc2ccco2)C3)CC1. The molecule has 7 heteroatoms. The van der Waals surface area contributed by atoms with Gasteiger partial charge >= 0.3 is 0 Å². The molecule has 1 saturated heterocycles. The van der Waals surface area contributed by atoms with Crippen LogP contribution < -0.4 is 0 Å². The van der Waals surface area contributed by atoms with E-state index in [2.05, 4.69) is 33.5 Å². The molecule has 0 N–H and O–H groups in total.